The number of fused-ring (bicyclic) bond motifs is 7. The highest BCUT2D eigenvalue weighted by Gasteiger charge is 2.74. The van der Waals surface area contributed by atoms with Gasteiger partial charge in [0, 0.05) is 5.41 Å². The highest BCUT2D eigenvalue weighted by molar-refractivity contribution is 5.80. The summed E-state index contributed by atoms with van der Waals surface area (Å²) in [6, 6.07) is 0. The molecule has 0 aromatic heterocycles. The van der Waals surface area contributed by atoms with Crippen LogP contribution in [0.1, 0.15) is 92.9 Å². The number of aliphatic hydroxyl groups is 20. The first-order chi connectivity index (χ1) is 45.1. The van der Waals surface area contributed by atoms with E-state index in [9.17, 15) is 102 Å². The Morgan fingerprint density at radius 3 is 1.81 bits per heavy atom. The second-order valence-corrected chi connectivity index (χ2v) is 30.7. The maximum absolute atomic E-state index is 15.5. The number of carbonyl (C=O) groups excluding carboxylic acids is 1. The Bertz CT molecular complexity index is 2710. The minimum atomic E-state index is -2.09. The highest BCUT2D eigenvalue weighted by atomic mass is 16.8. The van der Waals surface area contributed by atoms with Gasteiger partial charge in [0.25, 0.3) is 0 Å². The van der Waals surface area contributed by atoms with Gasteiger partial charge in [-0.3, -0.25) is 4.79 Å². The summed E-state index contributed by atoms with van der Waals surface area (Å²) in [6.07, 6.45) is -43.1. The van der Waals surface area contributed by atoms with Crippen LogP contribution in [0.25, 0.3) is 0 Å². The van der Waals surface area contributed by atoms with Gasteiger partial charge in [0.15, 0.2) is 37.6 Å². The van der Waals surface area contributed by atoms with Gasteiger partial charge >= 0.3 is 5.97 Å². The molecule has 0 aromatic rings. The lowest BCUT2D eigenvalue weighted by Crippen LogP contribution is -2.71. The van der Waals surface area contributed by atoms with Crippen LogP contribution in [0, 0.1) is 50.2 Å². The molecule has 0 spiro atoms. The van der Waals surface area contributed by atoms with Crippen LogP contribution in [-0.4, -0.2) is 339 Å². The number of aliphatic hydroxyl groups excluding tert-OH is 19. The molecule has 4 saturated carbocycles. The molecule has 552 valence electrons. The van der Waals surface area contributed by atoms with Crippen molar-refractivity contribution in [2.75, 3.05) is 52.9 Å². The predicted molar refractivity (Wildman–Crippen MR) is 314 cm³/mol. The summed E-state index contributed by atoms with van der Waals surface area (Å²) >= 11 is 0. The summed E-state index contributed by atoms with van der Waals surface area (Å²) in [5, 5.41) is 221. The molecule has 0 bridgehead atoms. The Morgan fingerprint density at radius 1 is 0.552 bits per heavy atom. The zero-order valence-electron chi connectivity index (χ0n) is 54.5. The molecule has 0 aromatic carbocycles. The average molecular weight is 1390 g/mol. The molecule has 0 amide bonds. The molecule has 96 heavy (non-hydrogen) atoms. The van der Waals surface area contributed by atoms with Crippen molar-refractivity contribution in [1.29, 1.82) is 0 Å². The van der Waals surface area contributed by atoms with Crippen molar-refractivity contribution in [3.05, 3.63) is 11.6 Å². The Labute approximate surface area is 553 Å². The molecule has 20 N–H and O–H groups in total. The molecule has 11 aliphatic rings. The number of hydrogen-bond acceptors (Lipinski definition) is 33. The molecule has 10 fully saturated rings. The number of carbonyl (C=O) groups is 1. The summed E-state index contributed by atoms with van der Waals surface area (Å²) in [5.74, 6) is -2.50. The third-order valence-corrected chi connectivity index (χ3v) is 24.7. The number of hydrogen-bond donors (Lipinski definition) is 20. The van der Waals surface area contributed by atoms with Gasteiger partial charge in [-0.15, -0.1) is 0 Å². The van der Waals surface area contributed by atoms with Gasteiger partial charge in [0.2, 0.25) is 6.29 Å². The Hall–Kier alpha value is -2.03. The standard InChI is InChI=1S/C63H102O33/c1-24-45(92-51-44(81)46(29(70)18-85-51)93-55-48(82)62(84,22-67)23-88-55)40(77)43(80)52(89-24)94-47-35(72)28(69)17-86-54(47)96-56(83)63-12-11-57(2,3)13-26(63)25-7-8-32-58(4)14-27(68)49(61(20-65,21-66)33(58)9-10-59(32,5)60(25,6)15-34(63)71)95-53-42(79)39(76)37(74)31(91-53)19-87-50-41(78)38(75)36(73)30(16-64)90-50/h7,24,26-55,64-82,84H,8-23H2,1-6H3/t24?,26-,27-,28-,29?,30+,31+,32?,33?,34?,35-,36?,37?,38-,39-,40?,41?,42?,43?,44?,45-,46-,47?,48?,49-,50+,51-,52-,53-,54-,55-,58+,59+,60?,62+,63+/m0/s1. The van der Waals surface area contributed by atoms with E-state index in [-0.39, 0.29) is 30.6 Å². The molecule has 11 rings (SSSR count). The van der Waals surface area contributed by atoms with E-state index in [1.54, 1.807) is 0 Å². The van der Waals surface area contributed by atoms with Gasteiger partial charge in [0.05, 0.1) is 77.3 Å². The summed E-state index contributed by atoms with van der Waals surface area (Å²) in [5.41, 5.74) is -7.34. The lowest BCUT2D eigenvalue weighted by Gasteiger charge is -2.72. The van der Waals surface area contributed by atoms with Gasteiger partial charge in [-0.05, 0) is 97.7 Å². The molecule has 33 nitrogen and oxygen atoms in total. The summed E-state index contributed by atoms with van der Waals surface area (Å²) < 4.78 is 70.1. The third kappa shape index (κ3) is 12.4. The van der Waals surface area contributed by atoms with Crippen molar-refractivity contribution >= 4 is 5.97 Å². The van der Waals surface area contributed by atoms with E-state index in [0.29, 0.717) is 32.1 Å². The second-order valence-electron chi connectivity index (χ2n) is 30.7. The molecule has 36 atom stereocenters. The average Bonchev–Trinajstić information content (AvgIpc) is 1.24. The minimum absolute atomic E-state index is 0.0176. The van der Waals surface area contributed by atoms with E-state index in [4.69, 9.17) is 56.8 Å². The molecule has 6 saturated heterocycles. The van der Waals surface area contributed by atoms with Crippen molar-refractivity contribution in [3.63, 3.8) is 0 Å². The van der Waals surface area contributed by atoms with Crippen LogP contribution in [0.15, 0.2) is 11.6 Å². The third-order valence-electron chi connectivity index (χ3n) is 24.7. The maximum atomic E-state index is 15.5. The van der Waals surface area contributed by atoms with Crippen molar-refractivity contribution in [2.24, 2.45) is 50.2 Å². The first-order valence-electron chi connectivity index (χ1n) is 33.4. The number of esters is 1. The van der Waals surface area contributed by atoms with Crippen molar-refractivity contribution in [1.82, 2.24) is 0 Å². The van der Waals surface area contributed by atoms with Gasteiger partial charge in [-0.2, -0.15) is 0 Å². The van der Waals surface area contributed by atoms with Crippen LogP contribution < -0.4 is 0 Å². The molecular formula is C63H102O33. The number of rotatable bonds is 17. The summed E-state index contributed by atoms with van der Waals surface area (Å²) in [6.45, 7) is 6.34. The summed E-state index contributed by atoms with van der Waals surface area (Å²) in [4.78, 5) is 15.5. The van der Waals surface area contributed by atoms with E-state index in [2.05, 4.69) is 33.8 Å². The fourth-order valence-corrected chi connectivity index (χ4v) is 18.8. The zero-order valence-corrected chi connectivity index (χ0v) is 54.5. The van der Waals surface area contributed by atoms with E-state index in [1.165, 1.54) is 6.92 Å². The Kier molecular flexibility index (Phi) is 21.8. The molecule has 6 heterocycles. The van der Waals surface area contributed by atoms with Crippen LogP contribution >= 0.6 is 0 Å². The smallest absolute Gasteiger partial charge is 0.317 e. The van der Waals surface area contributed by atoms with Crippen LogP contribution in [0.3, 0.4) is 0 Å². The van der Waals surface area contributed by atoms with E-state index >= 15 is 4.79 Å². The maximum Gasteiger partial charge on any atom is 0.317 e. The first kappa shape index (κ1) is 75.1. The van der Waals surface area contributed by atoms with Crippen LogP contribution in [0.5, 0.6) is 0 Å². The van der Waals surface area contributed by atoms with E-state index in [1.807, 2.05) is 6.92 Å². The zero-order chi connectivity index (χ0) is 70.1. The van der Waals surface area contributed by atoms with Crippen LogP contribution in [0.2, 0.25) is 0 Å². The lowest BCUT2D eigenvalue weighted by molar-refractivity contribution is -0.372. The first-order valence-corrected chi connectivity index (χ1v) is 33.4. The fourth-order valence-electron chi connectivity index (χ4n) is 18.8. The topological polar surface area (TPSA) is 532 Å². The fraction of sp³-hybridized carbons (Fsp3) is 0.952. The Morgan fingerprint density at radius 2 is 1.16 bits per heavy atom. The van der Waals surface area contributed by atoms with Crippen LogP contribution in [-0.2, 0) is 61.6 Å². The van der Waals surface area contributed by atoms with Crippen molar-refractivity contribution in [2.45, 2.75) is 271 Å². The van der Waals surface area contributed by atoms with Crippen molar-refractivity contribution in [3.8, 4) is 0 Å². The molecule has 5 aliphatic carbocycles. The van der Waals surface area contributed by atoms with E-state index in [0.717, 1.165) is 5.57 Å². The largest absolute Gasteiger partial charge is 0.432 e. The molecular weight excluding hydrogens is 1280 g/mol. The normalized spacial score (nSPS) is 54.0. The Balaban J connectivity index is 0.793. The van der Waals surface area contributed by atoms with Crippen LogP contribution in [0.4, 0.5) is 0 Å². The molecule has 15 unspecified atom stereocenters. The number of ether oxygens (including phenoxy) is 12. The molecule has 0 radical (unpaired) electrons. The van der Waals surface area contributed by atoms with Crippen molar-refractivity contribution < 1.29 is 164 Å². The van der Waals surface area contributed by atoms with Gasteiger partial charge in [-0.25, -0.2) is 0 Å². The SMILES string of the molecule is CC1O[C@@H](OC2[C@H](OC(=O)[C@]34CCC(C)(C)C[C@H]3C3=CCC5[C@@]6(C)C[C@H](O)[C@H](O[C@@H]7O[C@H](CO[C@@H]8O[C@H](CO)C(O)[C@H](O)C8O)C(O)[C@H](O)C7O)C(CO)(CO)C6CC[C@@]5(C)C3(C)CC4O)OC[C@H](O)[C@@H]2O)C(O)C(O)[C@H]1O[C@@H]1OCC(O)[C@H](O[C@@H]2OC[C@](O)(CO)C2O)C1O. The quantitative estimate of drug-likeness (QED) is 0.0365. The van der Waals surface area contributed by atoms with Gasteiger partial charge in [0.1, 0.15) is 115 Å². The second kappa shape index (κ2) is 27.9. The van der Waals surface area contributed by atoms with Gasteiger partial charge < -0.3 is 159 Å². The minimum Gasteiger partial charge on any atom is -0.432 e. The molecule has 33 heteroatoms. The molecule has 6 aliphatic heterocycles. The predicted octanol–water partition coefficient (Wildman–Crippen LogP) is -7.55. The summed E-state index contributed by atoms with van der Waals surface area (Å²) in [7, 11) is 0. The number of allylic oxidation sites excluding steroid dienone is 2. The van der Waals surface area contributed by atoms with E-state index < -0.39 is 275 Å². The lowest BCUT2D eigenvalue weighted by atomic mass is 9.33. The highest BCUT2D eigenvalue weighted by Crippen LogP contribution is 2.76. The monoisotopic (exact) mass is 1390 g/mol. The van der Waals surface area contributed by atoms with Gasteiger partial charge in [-0.1, -0.05) is 46.3 Å².